The summed E-state index contributed by atoms with van der Waals surface area (Å²) >= 11 is 13.3. The van der Waals surface area contributed by atoms with Crippen molar-refractivity contribution in [1.82, 2.24) is 4.90 Å². The first-order chi connectivity index (χ1) is 21.8. The highest BCUT2D eigenvalue weighted by Gasteiger charge is 2.46. The van der Waals surface area contributed by atoms with Crippen molar-refractivity contribution in [3.05, 3.63) is 80.5 Å². The molecule has 0 bridgehead atoms. The zero-order valence-corrected chi connectivity index (χ0v) is 27.2. The van der Waals surface area contributed by atoms with E-state index in [0.29, 0.717) is 30.9 Å². The Hall–Kier alpha value is -3.28. The molecule has 0 aliphatic carbocycles. The van der Waals surface area contributed by atoms with Crippen molar-refractivity contribution >= 4 is 46.8 Å². The highest BCUT2D eigenvalue weighted by Crippen LogP contribution is 2.46. The number of hydrogen-bond donors (Lipinski definition) is 0. The predicted octanol–water partition coefficient (Wildman–Crippen LogP) is 4.79. The molecule has 2 atom stereocenters. The van der Waals surface area contributed by atoms with Gasteiger partial charge in [0, 0.05) is 41.3 Å². The number of aliphatic imine (C=N–C) groups is 1. The molecule has 0 saturated carbocycles. The minimum absolute atomic E-state index is 0.121. The minimum Gasteiger partial charge on any atom is -0.469 e. The van der Waals surface area contributed by atoms with Gasteiger partial charge in [-0.3, -0.25) is 19.5 Å². The van der Waals surface area contributed by atoms with E-state index < -0.39 is 29.7 Å². The number of aryl methyl sites for hydroxylation is 1. The second-order valence-electron chi connectivity index (χ2n) is 10.6. The molecule has 2 aliphatic heterocycles. The van der Waals surface area contributed by atoms with Crippen LogP contribution in [0.4, 0.5) is 0 Å². The van der Waals surface area contributed by atoms with Crippen LogP contribution in [0.25, 0.3) is 0 Å². The molecule has 0 radical (unpaired) electrons. The molecule has 0 aromatic heterocycles. The van der Waals surface area contributed by atoms with Gasteiger partial charge in [0.05, 0.1) is 65.4 Å². The number of halogens is 2. The summed E-state index contributed by atoms with van der Waals surface area (Å²) in [5.41, 5.74) is 3.00. The number of carbonyl (C=O) groups is 3. The zero-order chi connectivity index (χ0) is 32.3. The molecule has 0 amide bonds. The number of allylic oxidation sites excluding steroid dienone is 1. The third-order valence-electron chi connectivity index (χ3n) is 7.98. The first-order valence-corrected chi connectivity index (χ1v) is 15.5. The van der Waals surface area contributed by atoms with Crippen LogP contribution < -0.4 is 0 Å². The molecule has 0 N–H and O–H groups in total. The van der Waals surface area contributed by atoms with E-state index in [0.717, 1.165) is 44.0 Å². The second-order valence-corrected chi connectivity index (χ2v) is 11.4. The highest BCUT2D eigenvalue weighted by molar-refractivity contribution is 6.36. The van der Waals surface area contributed by atoms with Crippen LogP contribution in [0.1, 0.15) is 35.4 Å². The van der Waals surface area contributed by atoms with Crippen LogP contribution >= 0.6 is 23.2 Å². The van der Waals surface area contributed by atoms with Gasteiger partial charge in [-0.25, -0.2) is 4.79 Å². The largest absolute Gasteiger partial charge is 0.469 e. The molecule has 2 unspecified atom stereocenters. The SMILES string of the molecule is COC(=O)CC1=NC(CCc2ccccc2COCCN2CCOCC2)=C(C(=O)OC)C(c2c(Cl)cccc2Cl)C1C(=O)OC. The van der Waals surface area contributed by atoms with Crippen molar-refractivity contribution in [3.63, 3.8) is 0 Å². The minimum atomic E-state index is -1.18. The first kappa shape index (κ1) is 34.6. The van der Waals surface area contributed by atoms with E-state index >= 15 is 0 Å². The normalized spacial score (nSPS) is 18.7. The molecule has 1 saturated heterocycles. The lowest BCUT2D eigenvalue weighted by Gasteiger charge is -2.33. The Bertz CT molecular complexity index is 1420. The third kappa shape index (κ3) is 8.71. The monoisotopic (exact) mass is 660 g/mol. The fraction of sp³-hybridized carbons (Fsp3) is 0.455. The Balaban J connectivity index is 1.69. The van der Waals surface area contributed by atoms with E-state index in [1.165, 1.54) is 21.3 Å². The molecule has 242 valence electrons. The zero-order valence-electron chi connectivity index (χ0n) is 25.7. The second kappa shape index (κ2) is 16.9. The molecule has 4 rings (SSSR count). The van der Waals surface area contributed by atoms with Crippen molar-refractivity contribution in [2.24, 2.45) is 10.9 Å². The molecule has 2 heterocycles. The van der Waals surface area contributed by atoms with E-state index in [-0.39, 0.29) is 34.2 Å². The Morgan fingerprint density at radius 2 is 1.60 bits per heavy atom. The van der Waals surface area contributed by atoms with Gasteiger partial charge in [-0.15, -0.1) is 0 Å². The Kier molecular flexibility index (Phi) is 13.0. The number of benzene rings is 2. The van der Waals surface area contributed by atoms with E-state index in [4.69, 9.17) is 51.9 Å². The first-order valence-electron chi connectivity index (χ1n) is 14.7. The number of carbonyl (C=O) groups excluding carboxylic acids is 3. The van der Waals surface area contributed by atoms with Crippen LogP contribution in [0.15, 0.2) is 58.7 Å². The van der Waals surface area contributed by atoms with Gasteiger partial charge < -0.3 is 23.7 Å². The summed E-state index contributed by atoms with van der Waals surface area (Å²) in [6.45, 7) is 5.09. The molecular formula is C33H38Cl2N2O8. The predicted molar refractivity (Wildman–Crippen MR) is 169 cm³/mol. The lowest BCUT2D eigenvalue weighted by molar-refractivity contribution is -0.143. The molecule has 12 heteroatoms. The van der Waals surface area contributed by atoms with Crippen molar-refractivity contribution in [3.8, 4) is 0 Å². The van der Waals surface area contributed by atoms with Crippen LogP contribution in [0, 0.1) is 5.92 Å². The van der Waals surface area contributed by atoms with Gasteiger partial charge in [0.25, 0.3) is 0 Å². The van der Waals surface area contributed by atoms with Crippen molar-refractivity contribution in [2.75, 3.05) is 60.8 Å². The van der Waals surface area contributed by atoms with Crippen LogP contribution in [0.3, 0.4) is 0 Å². The van der Waals surface area contributed by atoms with Gasteiger partial charge in [-0.1, -0.05) is 53.5 Å². The number of esters is 3. The average molecular weight is 662 g/mol. The van der Waals surface area contributed by atoms with Gasteiger partial charge >= 0.3 is 17.9 Å². The fourth-order valence-corrected chi connectivity index (χ4v) is 6.30. The Morgan fingerprint density at radius 1 is 0.911 bits per heavy atom. The number of methoxy groups -OCH3 is 3. The van der Waals surface area contributed by atoms with Gasteiger partial charge in [0.2, 0.25) is 0 Å². The number of nitrogens with zero attached hydrogens (tertiary/aromatic N) is 2. The van der Waals surface area contributed by atoms with Gasteiger partial charge in [0.15, 0.2) is 0 Å². The summed E-state index contributed by atoms with van der Waals surface area (Å²) in [4.78, 5) is 46.4. The van der Waals surface area contributed by atoms with Crippen molar-refractivity contribution < 1.29 is 38.1 Å². The van der Waals surface area contributed by atoms with Crippen LogP contribution in [0.5, 0.6) is 0 Å². The van der Waals surface area contributed by atoms with Crippen LogP contribution in [-0.4, -0.2) is 89.3 Å². The Morgan fingerprint density at radius 3 is 2.24 bits per heavy atom. The number of morpholine rings is 1. The van der Waals surface area contributed by atoms with E-state index in [9.17, 15) is 14.4 Å². The number of hydrogen-bond acceptors (Lipinski definition) is 10. The highest BCUT2D eigenvalue weighted by atomic mass is 35.5. The summed E-state index contributed by atoms with van der Waals surface area (Å²) in [7, 11) is 3.72. The van der Waals surface area contributed by atoms with Crippen LogP contribution in [-0.2, 0) is 51.1 Å². The van der Waals surface area contributed by atoms with Gasteiger partial charge in [-0.2, -0.15) is 0 Å². The molecule has 0 spiro atoms. The summed E-state index contributed by atoms with van der Waals surface area (Å²) in [6, 6.07) is 12.8. The maximum atomic E-state index is 13.5. The molecule has 2 aliphatic rings. The Labute approximate surface area is 273 Å². The molecular weight excluding hydrogens is 623 g/mol. The van der Waals surface area contributed by atoms with Gasteiger partial charge in [-0.05, 0) is 41.7 Å². The lowest BCUT2D eigenvalue weighted by atomic mass is 9.74. The van der Waals surface area contributed by atoms with Crippen LogP contribution in [0.2, 0.25) is 10.0 Å². The number of rotatable bonds is 13. The topological polar surface area (TPSA) is 113 Å². The van der Waals surface area contributed by atoms with Crippen molar-refractivity contribution in [1.29, 1.82) is 0 Å². The van der Waals surface area contributed by atoms with E-state index in [1.807, 2.05) is 24.3 Å². The third-order valence-corrected chi connectivity index (χ3v) is 8.64. The summed E-state index contributed by atoms with van der Waals surface area (Å²) < 4.78 is 26.7. The number of ether oxygens (including phenoxy) is 5. The lowest BCUT2D eigenvalue weighted by Crippen LogP contribution is -2.38. The van der Waals surface area contributed by atoms with E-state index in [2.05, 4.69) is 4.90 Å². The van der Waals surface area contributed by atoms with Gasteiger partial charge in [0.1, 0.15) is 5.92 Å². The fourth-order valence-electron chi connectivity index (χ4n) is 5.67. The summed E-state index contributed by atoms with van der Waals surface area (Å²) in [5, 5.41) is 0.474. The molecule has 2 aromatic rings. The maximum absolute atomic E-state index is 13.5. The summed E-state index contributed by atoms with van der Waals surface area (Å²) in [5.74, 6) is -4.22. The maximum Gasteiger partial charge on any atom is 0.336 e. The molecule has 1 fully saturated rings. The average Bonchev–Trinajstić information content (AvgIpc) is 3.05. The van der Waals surface area contributed by atoms with E-state index in [1.54, 1.807) is 18.2 Å². The van der Waals surface area contributed by atoms with Crippen molar-refractivity contribution in [2.45, 2.75) is 31.8 Å². The molecule has 10 nitrogen and oxygen atoms in total. The quantitative estimate of drug-likeness (QED) is 0.170. The summed E-state index contributed by atoms with van der Waals surface area (Å²) in [6.07, 6.45) is 0.465. The smallest absolute Gasteiger partial charge is 0.336 e. The standard InChI is InChI=1S/C33H38Cl2N2O8/c1-41-27(38)19-26-30(33(40)43-3)31(28-23(34)9-6-10-24(28)35)29(32(39)42-2)25(36-26)12-11-21-7-4-5-8-22(21)20-45-18-15-37-13-16-44-17-14-37/h4-10,30-31H,11-20H2,1-3H3. The molecule has 2 aromatic carbocycles. The molecule has 45 heavy (non-hydrogen) atoms.